The molecule has 3 aliphatic rings. The molecular weight excluding hydrogens is 512 g/mol. The van der Waals surface area contributed by atoms with Gasteiger partial charge >= 0.3 is 0 Å². The van der Waals surface area contributed by atoms with Crippen molar-refractivity contribution in [3.8, 4) is 11.5 Å². The van der Waals surface area contributed by atoms with Crippen LogP contribution in [0.25, 0.3) is 11.7 Å². The van der Waals surface area contributed by atoms with Gasteiger partial charge in [0, 0.05) is 19.3 Å². The standard InChI is InChI=1S/C26H24N4O5S2/c1-15-4-2-8-29-23(15)28-22(27-12-17-5-3-9-33-17)18(24(29)31)11-21-25(32)30(26(36)37-21)13-16-6-7-19-20(10-16)35-14-34-19/h2,4,6-8,10-11,17,27H,3,5,9,12-14H2,1H3/b21-11+/t17-/m1/s1. The maximum absolute atomic E-state index is 13.6. The second kappa shape index (κ2) is 9.81. The normalized spacial score (nSPS) is 20.0. The largest absolute Gasteiger partial charge is 0.454 e. The Kier molecular flexibility index (Phi) is 6.35. The van der Waals surface area contributed by atoms with E-state index in [1.54, 1.807) is 18.3 Å². The van der Waals surface area contributed by atoms with Gasteiger partial charge in [-0.3, -0.25) is 18.9 Å². The summed E-state index contributed by atoms with van der Waals surface area (Å²) in [5, 5.41) is 3.30. The first-order valence-corrected chi connectivity index (χ1v) is 13.2. The molecule has 1 atom stereocenters. The molecule has 3 aromatic rings. The van der Waals surface area contributed by atoms with Crippen LogP contribution in [0.2, 0.25) is 0 Å². The van der Waals surface area contributed by atoms with Gasteiger partial charge in [-0.1, -0.05) is 36.1 Å². The smallest absolute Gasteiger partial charge is 0.267 e. The highest BCUT2D eigenvalue weighted by Gasteiger charge is 2.33. The van der Waals surface area contributed by atoms with E-state index in [-0.39, 0.29) is 30.9 Å². The van der Waals surface area contributed by atoms with Gasteiger partial charge < -0.3 is 19.5 Å². The third kappa shape index (κ3) is 4.58. The Morgan fingerprint density at radius 2 is 2.11 bits per heavy atom. The number of carbonyl (C=O) groups excluding carboxylic acids is 1. The molecule has 2 fully saturated rings. The number of thioether (sulfide) groups is 1. The molecule has 0 radical (unpaired) electrons. The number of anilines is 1. The minimum Gasteiger partial charge on any atom is -0.454 e. The first-order chi connectivity index (χ1) is 18.0. The zero-order valence-electron chi connectivity index (χ0n) is 20.1. The number of carbonyl (C=O) groups is 1. The Hall–Kier alpha value is -3.41. The number of amides is 1. The molecule has 0 unspecified atom stereocenters. The second-order valence-corrected chi connectivity index (χ2v) is 10.7. The number of pyridine rings is 1. The predicted octanol–water partition coefficient (Wildman–Crippen LogP) is 3.72. The van der Waals surface area contributed by atoms with Crippen LogP contribution in [0, 0.1) is 6.92 Å². The molecule has 0 saturated carbocycles. The minimum absolute atomic E-state index is 0.0601. The molecule has 0 bridgehead atoms. The predicted molar refractivity (Wildman–Crippen MR) is 145 cm³/mol. The first-order valence-electron chi connectivity index (χ1n) is 12.0. The summed E-state index contributed by atoms with van der Waals surface area (Å²) in [6, 6.07) is 9.26. The fraction of sp³-hybridized carbons (Fsp3) is 0.308. The van der Waals surface area contributed by atoms with Crippen LogP contribution in [0.15, 0.2) is 46.2 Å². The van der Waals surface area contributed by atoms with Crippen molar-refractivity contribution in [2.24, 2.45) is 0 Å². The fourth-order valence-corrected chi connectivity index (χ4v) is 5.82. The van der Waals surface area contributed by atoms with Gasteiger partial charge in [0.05, 0.1) is 23.1 Å². The highest BCUT2D eigenvalue weighted by Crippen LogP contribution is 2.36. The molecular formula is C26H24N4O5S2. The number of nitrogens with one attached hydrogen (secondary N) is 1. The number of rotatable bonds is 6. The Bertz CT molecular complexity index is 1510. The van der Waals surface area contributed by atoms with Crippen LogP contribution in [-0.4, -0.2) is 50.6 Å². The summed E-state index contributed by atoms with van der Waals surface area (Å²) in [4.78, 5) is 33.6. The average Bonchev–Trinajstić information content (AvgIpc) is 3.63. The molecule has 2 saturated heterocycles. The Morgan fingerprint density at radius 3 is 2.95 bits per heavy atom. The molecule has 37 heavy (non-hydrogen) atoms. The van der Waals surface area contributed by atoms with Crippen molar-refractivity contribution in [2.45, 2.75) is 32.4 Å². The second-order valence-electron chi connectivity index (χ2n) is 9.04. The maximum Gasteiger partial charge on any atom is 0.267 e. The van der Waals surface area contributed by atoms with E-state index in [4.69, 9.17) is 31.4 Å². The zero-order chi connectivity index (χ0) is 25.5. The molecule has 6 rings (SSSR count). The van der Waals surface area contributed by atoms with E-state index in [9.17, 15) is 9.59 Å². The van der Waals surface area contributed by atoms with E-state index in [1.807, 2.05) is 31.2 Å². The lowest BCUT2D eigenvalue weighted by Crippen LogP contribution is -2.27. The topological polar surface area (TPSA) is 94.4 Å². The van der Waals surface area contributed by atoms with E-state index in [2.05, 4.69) is 5.32 Å². The number of fused-ring (bicyclic) bond motifs is 2. The summed E-state index contributed by atoms with van der Waals surface area (Å²) in [6.45, 7) is 3.64. The van der Waals surface area contributed by atoms with Crippen LogP contribution in [0.3, 0.4) is 0 Å². The summed E-state index contributed by atoms with van der Waals surface area (Å²) in [6.07, 6.45) is 5.31. The number of hydrogen-bond donors (Lipinski definition) is 1. The molecule has 9 nitrogen and oxygen atoms in total. The van der Waals surface area contributed by atoms with Crippen molar-refractivity contribution in [2.75, 3.05) is 25.3 Å². The summed E-state index contributed by atoms with van der Waals surface area (Å²) >= 11 is 6.71. The third-order valence-electron chi connectivity index (χ3n) is 6.53. The van der Waals surface area contributed by atoms with Gasteiger partial charge in [0.15, 0.2) is 11.5 Å². The van der Waals surface area contributed by atoms with Crippen LogP contribution in [0.4, 0.5) is 5.82 Å². The number of ether oxygens (including phenoxy) is 3. The summed E-state index contributed by atoms with van der Waals surface area (Å²) in [5.41, 5.74) is 2.36. The van der Waals surface area contributed by atoms with E-state index < -0.39 is 0 Å². The number of aryl methyl sites for hydroxylation is 1. The maximum atomic E-state index is 13.6. The monoisotopic (exact) mass is 536 g/mol. The number of benzene rings is 1. The minimum atomic E-state index is -0.260. The van der Waals surface area contributed by atoms with Crippen molar-refractivity contribution in [1.82, 2.24) is 14.3 Å². The summed E-state index contributed by atoms with van der Waals surface area (Å²) in [5.74, 6) is 1.49. The van der Waals surface area contributed by atoms with Crippen molar-refractivity contribution < 1.29 is 19.0 Å². The van der Waals surface area contributed by atoms with Crippen molar-refractivity contribution in [3.63, 3.8) is 0 Å². The Morgan fingerprint density at radius 1 is 1.24 bits per heavy atom. The molecule has 1 N–H and O–H groups in total. The van der Waals surface area contributed by atoms with E-state index in [0.717, 1.165) is 30.6 Å². The molecule has 1 aromatic carbocycles. The lowest BCUT2D eigenvalue weighted by atomic mass is 10.2. The van der Waals surface area contributed by atoms with Crippen LogP contribution in [-0.2, 0) is 16.1 Å². The fourth-order valence-electron chi connectivity index (χ4n) is 4.58. The zero-order valence-corrected chi connectivity index (χ0v) is 21.7. The van der Waals surface area contributed by atoms with Crippen molar-refractivity contribution in [3.05, 3.63) is 68.5 Å². The molecule has 1 amide bonds. The van der Waals surface area contributed by atoms with E-state index in [1.165, 1.54) is 21.1 Å². The molecule has 2 aromatic heterocycles. The van der Waals surface area contributed by atoms with Gasteiger partial charge in [0.1, 0.15) is 15.8 Å². The number of hydrogen-bond acceptors (Lipinski definition) is 9. The average molecular weight is 537 g/mol. The number of aromatic nitrogens is 2. The third-order valence-corrected chi connectivity index (χ3v) is 7.91. The van der Waals surface area contributed by atoms with E-state index in [0.29, 0.717) is 44.3 Å². The van der Waals surface area contributed by atoms with Gasteiger partial charge in [-0.15, -0.1) is 0 Å². The van der Waals surface area contributed by atoms with Gasteiger partial charge in [0.25, 0.3) is 11.5 Å². The molecule has 0 spiro atoms. The van der Waals surface area contributed by atoms with Crippen molar-refractivity contribution >= 4 is 51.7 Å². The quantitative estimate of drug-likeness (QED) is 0.374. The van der Waals surface area contributed by atoms with Crippen LogP contribution < -0.4 is 20.3 Å². The number of thiocarbonyl (C=S) groups is 1. The SMILES string of the molecule is Cc1cccn2c(=O)c(/C=C3/SC(=S)N(Cc4ccc5c(c4)OCO5)C3=O)c(NC[C@H]3CCCO3)nc12. The number of nitrogens with zero attached hydrogens (tertiary/aromatic N) is 3. The Labute approximate surface area is 222 Å². The van der Waals surface area contributed by atoms with Gasteiger partial charge in [-0.05, 0) is 55.2 Å². The summed E-state index contributed by atoms with van der Waals surface area (Å²) in [7, 11) is 0. The summed E-state index contributed by atoms with van der Waals surface area (Å²) < 4.78 is 18.5. The van der Waals surface area contributed by atoms with Gasteiger partial charge in [-0.25, -0.2) is 4.98 Å². The molecule has 11 heteroatoms. The lowest BCUT2D eigenvalue weighted by Gasteiger charge is -2.15. The lowest BCUT2D eigenvalue weighted by molar-refractivity contribution is -0.122. The van der Waals surface area contributed by atoms with Crippen LogP contribution >= 0.6 is 24.0 Å². The first kappa shape index (κ1) is 24.0. The van der Waals surface area contributed by atoms with Crippen LogP contribution in [0.1, 0.15) is 29.5 Å². The van der Waals surface area contributed by atoms with Crippen molar-refractivity contribution in [1.29, 1.82) is 0 Å². The highest BCUT2D eigenvalue weighted by atomic mass is 32.2. The van der Waals surface area contributed by atoms with Gasteiger partial charge in [0.2, 0.25) is 6.79 Å². The molecule has 3 aliphatic heterocycles. The molecule has 0 aliphatic carbocycles. The Balaban J connectivity index is 1.33. The molecule has 190 valence electrons. The van der Waals surface area contributed by atoms with E-state index >= 15 is 0 Å². The highest BCUT2D eigenvalue weighted by molar-refractivity contribution is 8.26. The molecule has 5 heterocycles. The van der Waals surface area contributed by atoms with Crippen LogP contribution in [0.5, 0.6) is 11.5 Å². The van der Waals surface area contributed by atoms with Gasteiger partial charge in [-0.2, -0.15) is 0 Å².